The van der Waals surface area contributed by atoms with E-state index in [4.69, 9.17) is 14.3 Å². The average molecular weight is 467 g/mol. The number of carboxylic acids is 1. The van der Waals surface area contributed by atoms with E-state index in [0.717, 1.165) is 31.8 Å². The number of rotatable bonds is 6. The van der Waals surface area contributed by atoms with Gasteiger partial charge in [-0.05, 0) is 36.8 Å². The Kier molecular flexibility index (Phi) is 7.59. The number of furan rings is 1. The maximum Gasteiger partial charge on any atom is 0.490 e. The van der Waals surface area contributed by atoms with Crippen LogP contribution in [0.15, 0.2) is 53.4 Å². The first kappa shape index (κ1) is 24.1. The van der Waals surface area contributed by atoms with E-state index in [1.165, 1.54) is 5.69 Å². The van der Waals surface area contributed by atoms with E-state index in [0.29, 0.717) is 12.2 Å². The molecule has 4 heterocycles. The number of carboxylic acid groups (broad SMARTS) is 1. The molecule has 0 saturated carbocycles. The number of amides is 1. The van der Waals surface area contributed by atoms with Crippen molar-refractivity contribution in [2.75, 3.05) is 13.1 Å². The van der Waals surface area contributed by atoms with Crippen LogP contribution in [0.3, 0.4) is 0 Å². The molecular weight excluding hydrogens is 443 g/mol. The second kappa shape index (κ2) is 10.4. The fourth-order valence-corrected chi connectivity index (χ4v) is 3.56. The molecule has 33 heavy (non-hydrogen) atoms. The summed E-state index contributed by atoms with van der Waals surface area (Å²) in [6, 6.07) is 9.91. The third kappa shape index (κ3) is 6.48. The predicted octanol–water partition coefficient (Wildman–Crippen LogP) is 2.82. The van der Waals surface area contributed by atoms with E-state index >= 15 is 0 Å². The van der Waals surface area contributed by atoms with Crippen molar-refractivity contribution in [2.45, 2.75) is 31.7 Å². The standard InChI is InChI=1S/C19H23N5O2.C2HF3O2/c1-22-10-2-5-18(22)19(25)20-8-6-15-12-23(14-17-4-3-11-26-17)13-16-7-9-21-24(15)16;3-2(4,5)1(6)7/h2-5,7,9-11,15H,6,8,12-14H2,1H3,(H,20,25);(H,6,7). The molecule has 1 atom stereocenters. The van der Waals surface area contributed by atoms with Crippen LogP contribution in [0.2, 0.25) is 0 Å². The summed E-state index contributed by atoms with van der Waals surface area (Å²) in [7, 11) is 1.87. The molecular formula is C21H24F3N5O4. The zero-order chi connectivity index (χ0) is 24.0. The minimum absolute atomic E-state index is 0.0403. The van der Waals surface area contributed by atoms with Gasteiger partial charge in [0.25, 0.3) is 5.91 Å². The lowest BCUT2D eigenvalue weighted by Crippen LogP contribution is -2.39. The van der Waals surface area contributed by atoms with Gasteiger partial charge in [0.2, 0.25) is 0 Å². The molecule has 0 spiro atoms. The van der Waals surface area contributed by atoms with E-state index < -0.39 is 12.1 Å². The number of carbonyl (C=O) groups excluding carboxylic acids is 1. The van der Waals surface area contributed by atoms with Crippen LogP contribution in [0.25, 0.3) is 0 Å². The van der Waals surface area contributed by atoms with E-state index in [-0.39, 0.29) is 11.9 Å². The number of nitrogens with zero attached hydrogens (tertiary/aromatic N) is 4. The van der Waals surface area contributed by atoms with Crippen molar-refractivity contribution in [3.05, 3.63) is 66.1 Å². The van der Waals surface area contributed by atoms with Gasteiger partial charge in [-0.15, -0.1) is 0 Å². The van der Waals surface area contributed by atoms with Crippen molar-refractivity contribution in [3.63, 3.8) is 0 Å². The van der Waals surface area contributed by atoms with Gasteiger partial charge in [-0.3, -0.25) is 14.4 Å². The number of carbonyl (C=O) groups is 2. The van der Waals surface area contributed by atoms with Crippen molar-refractivity contribution in [2.24, 2.45) is 7.05 Å². The summed E-state index contributed by atoms with van der Waals surface area (Å²) in [6.07, 6.45) is 1.18. The molecule has 3 aromatic heterocycles. The molecule has 0 aromatic carbocycles. The Morgan fingerprint density at radius 3 is 2.64 bits per heavy atom. The van der Waals surface area contributed by atoms with Gasteiger partial charge in [-0.25, -0.2) is 4.79 Å². The summed E-state index contributed by atoms with van der Waals surface area (Å²) < 4.78 is 41.1. The van der Waals surface area contributed by atoms with Crippen molar-refractivity contribution in [3.8, 4) is 0 Å². The van der Waals surface area contributed by atoms with Gasteiger partial charge in [0.05, 0.1) is 24.5 Å². The Morgan fingerprint density at radius 2 is 2.03 bits per heavy atom. The van der Waals surface area contributed by atoms with Crippen LogP contribution < -0.4 is 5.32 Å². The molecule has 0 radical (unpaired) electrons. The van der Waals surface area contributed by atoms with Crippen LogP contribution in [-0.2, 0) is 24.9 Å². The Hall–Kier alpha value is -3.54. The topological polar surface area (TPSA) is 106 Å². The zero-order valence-electron chi connectivity index (χ0n) is 17.8. The third-order valence-electron chi connectivity index (χ3n) is 5.09. The molecule has 3 aromatic rings. The lowest BCUT2D eigenvalue weighted by Gasteiger charge is -2.33. The van der Waals surface area contributed by atoms with Crippen LogP contribution in [0, 0.1) is 0 Å². The highest BCUT2D eigenvalue weighted by Crippen LogP contribution is 2.24. The van der Waals surface area contributed by atoms with Crippen LogP contribution >= 0.6 is 0 Å². The molecule has 1 amide bonds. The minimum Gasteiger partial charge on any atom is -0.475 e. The normalized spacial score (nSPS) is 15.9. The number of alkyl halides is 3. The summed E-state index contributed by atoms with van der Waals surface area (Å²) in [6.45, 7) is 3.13. The molecule has 1 aliphatic rings. The van der Waals surface area contributed by atoms with Crippen LogP contribution in [0.5, 0.6) is 0 Å². The van der Waals surface area contributed by atoms with Gasteiger partial charge in [0.15, 0.2) is 0 Å². The molecule has 9 nitrogen and oxygen atoms in total. The summed E-state index contributed by atoms with van der Waals surface area (Å²) in [5.74, 6) is -1.83. The molecule has 0 aliphatic carbocycles. The van der Waals surface area contributed by atoms with Gasteiger partial charge in [-0.1, -0.05) is 0 Å². The van der Waals surface area contributed by atoms with Gasteiger partial charge < -0.3 is 19.4 Å². The summed E-state index contributed by atoms with van der Waals surface area (Å²) in [4.78, 5) is 23.5. The Labute approximate surface area is 187 Å². The number of fused-ring (bicyclic) bond motifs is 1. The van der Waals surface area contributed by atoms with E-state index in [1.807, 2.05) is 48.3 Å². The van der Waals surface area contributed by atoms with Gasteiger partial charge >= 0.3 is 12.1 Å². The summed E-state index contributed by atoms with van der Waals surface area (Å²) in [5.41, 5.74) is 1.87. The molecule has 0 saturated heterocycles. The van der Waals surface area contributed by atoms with E-state index in [9.17, 15) is 18.0 Å². The van der Waals surface area contributed by atoms with Gasteiger partial charge in [-0.2, -0.15) is 18.3 Å². The second-order valence-electron chi connectivity index (χ2n) is 7.52. The maximum atomic E-state index is 12.3. The fraction of sp³-hybridized carbons (Fsp3) is 0.381. The van der Waals surface area contributed by atoms with E-state index in [1.54, 1.807) is 6.26 Å². The summed E-state index contributed by atoms with van der Waals surface area (Å²) >= 11 is 0. The molecule has 4 rings (SSSR count). The lowest BCUT2D eigenvalue weighted by atomic mass is 10.1. The van der Waals surface area contributed by atoms with Crippen molar-refractivity contribution in [1.29, 1.82) is 0 Å². The Bertz CT molecular complexity index is 1060. The summed E-state index contributed by atoms with van der Waals surface area (Å²) in [5, 5.41) is 14.6. The van der Waals surface area contributed by atoms with Crippen molar-refractivity contribution >= 4 is 11.9 Å². The Balaban J connectivity index is 0.000000383. The van der Waals surface area contributed by atoms with Crippen LogP contribution in [0.4, 0.5) is 13.2 Å². The largest absolute Gasteiger partial charge is 0.490 e. The van der Waals surface area contributed by atoms with Crippen LogP contribution in [-0.4, -0.2) is 55.5 Å². The molecule has 2 N–H and O–H groups in total. The number of nitrogens with one attached hydrogen (secondary N) is 1. The van der Waals surface area contributed by atoms with Gasteiger partial charge in [0.1, 0.15) is 11.5 Å². The molecule has 0 bridgehead atoms. The molecule has 178 valence electrons. The molecule has 12 heteroatoms. The first-order chi connectivity index (χ1) is 15.6. The highest BCUT2D eigenvalue weighted by atomic mass is 19.4. The smallest absolute Gasteiger partial charge is 0.475 e. The molecule has 1 aliphatic heterocycles. The SMILES string of the molecule is Cn1cccc1C(=O)NCCC1CN(Cc2ccco2)Cc2ccnn21.O=C(O)C(F)(F)F. The predicted molar refractivity (Wildman–Crippen MR) is 110 cm³/mol. The van der Waals surface area contributed by atoms with Crippen molar-refractivity contribution < 1.29 is 32.3 Å². The van der Waals surface area contributed by atoms with Crippen molar-refractivity contribution in [1.82, 2.24) is 24.6 Å². The lowest BCUT2D eigenvalue weighted by molar-refractivity contribution is -0.192. The highest BCUT2D eigenvalue weighted by Gasteiger charge is 2.38. The van der Waals surface area contributed by atoms with Crippen LogP contribution in [0.1, 0.15) is 34.4 Å². The quantitative estimate of drug-likeness (QED) is 0.578. The number of aryl methyl sites for hydroxylation is 1. The van der Waals surface area contributed by atoms with E-state index in [2.05, 4.69) is 26.1 Å². The third-order valence-corrected chi connectivity index (χ3v) is 5.09. The maximum absolute atomic E-state index is 12.3. The second-order valence-corrected chi connectivity index (χ2v) is 7.52. The number of hydrogen-bond donors (Lipinski definition) is 2. The first-order valence-electron chi connectivity index (χ1n) is 10.1. The highest BCUT2D eigenvalue weighted by molar-refractivity contribution is 5.92. The fourth-order valence-electron chi connectivity index (χ4n) is 3.56. The molecule has 0 fully saturated rings. The Morgan fingerprint density at radius 1 is 1.27 bits per heavy atom. The van der Waals surface area contributed by atoms with Gasteiger partial charge in [0, 0.05) is 39.1 Å². The number of aromatic nitrogens is 3. The number of hydrogen-bond acceptors (Lipinski definition) is 5. The minimum atomic E-state index is -5.08. The average Bonchev–Trinajstić information content (AvgIpc) is 3.49. The first-order valence-corrected chi connectivity index (χ1v) is 10.1. The monoisotopic (exact) mass is 467 g/mol. The molecule has 1 unspecified atom stereocenters. The zero-order valence-corrected chi connectivity index (χ0v) is 17.8. The number of halogens is 3. The number of aliphatic carboxylic acids is 1.